The van der Waals surface area contributed by atoms with E-state index in [1.54, 1.807) is 74.6 Å². The number of rotatable bonds is 23. The van der Waals surface area contributed by atoms with Crippen LogP contribution in [0.3, 0.4) is 0 Å². The van der Waals surface area contributed by atoms with Gasteiger partial charge in [0.15, 0.2) is 0 Å². The van der Waals surface area contributed by atoms with Crippen molar-refractivity contribution in [2.45, 2.75) is 89.1 Å². The molecule has 0 saturated carbocycles. The highest BCUT2D eigenvalue weighted by Crippen LogP contribution is 2.20. The van der Waals surface area contributed by atoms with Gasteiger partial charge in [-0.05, 0) is 34.2 Å². The van der Waals surface area contributed by atoms with Crippen LogP contribution in [-0.4, -0.2) is 97.7 Å². The lowest BCUT2D eigenvalue weighted by atomic mass is 9.99. The second kappa shape index (κ2) is 23.9. The Balaban J connectivity index is 1.31. The standard InChI is InChI=1S/C51H57N9O8/c1-31(2)45(51(67)68)60-50(66)44(27-37-29-52-30-54-37)59-48(64)42(25-35-19-11-6-12-20-35)57-49(65)43(26-36-28-53-39-22-14-13-21-38(36)39)58-47(63)41(24-34-17-9-5-10-18-34)56-46(62)40(55-32(3)61)23-33-15-7-4-8-16-33/h4-22,28-31,40-45,53H,23-27H2,1-3H3,(H,52,54)(H,55,61)(H,56,62)(H,57,65)(H,58,63)(H,59,64)(H,60,66)(H,67,68)/t40-,41-,42-,43-,44-,45-/m0/s1. The van der Waals surface area contributed by atoms with Crippen molar-refractivity contribution in [3.8, 4) is 0 Å². The number of carboxylic acids is 1. The Hall–Kier alpha value is -8.08. The maximum absolute atomic E-state index is 14.8. The van der Waals surface area contributed by atoms with Crippen molar-refractivity contribution in [3.05, 3.63) is 162 Å². The summed E-state index contributed by atoms with van der Waals surface area (Å²) < 4.78 is 0. The Morgan fingerprint density at radius 2 is 0.926 bits per heavy atom. The van der Waals surface area contributed by atoms with Crippen LogP contribution < -0.4 is 31.9 Å². The molecule has 17 heteroatoms. The molecule has 9 N–H and O–H groups in total. The van der Waals surface area contributed by atoms with Crippen molar-refractivity contribution in [3.63, 3.8) is 0 Å². The summed E-state index contributed by atoms with van der Waals surface area (Å²) in [4.78, 5) is 106. The predicted molar refractivity (Wildman–Crippen MR) is 254 cm³/mol. The van der Waals surface area contributed by atoms with Gasteiger partial charge in [0.05, 0.1) is 6.33 Å². The van der Waals surface area contributed by atoms with Crippen LogP contribution in [0, 0.1) is 5.92 Å². The Morgan fingerprint density at radius 3 is 1.35 bits per heavy atom. The first kappa shape index (κ1) is 49.4. The minimum atomic E-state index is -1.33. The van der Waals surface area contributed by atoms with E-state index in [1.807, 2.05) is 60.7 Å². The molecule has 0 unspecified atom stereocenters. The molecule has 0 saturated heterocycles. The molecule has 2 aromatic heterocycles. The Labute approximate surface area is 393 Å². The lowest BCUT2D eigenvalue weighted by molar-refractivity contribution is -0.143. The number of H-pyrrole nitrogens is 2. The fourth-order valence-electron chi connectivity index (χ4n) is 7.83. The van der Waals surface area contributed by atoms with Crippen LogP contribution in [0.1, 0.15) is 48.7 Å². The first-order valence-electron chi connectivity index (χ1n) is 22.4. The topological polar surface area (TPSA) is 256 Å². The normalized spacial score (nSPS) is 13.8. The number of aromatic nitrogens is 3. The van der Waals surface area contributed by atoms with Crippen molar-refractivity contribution in [1.29, 1.82) is 0 Å². The fourth-order valence-corrected chi connectivity index (χ4v) is 7.83. The second-order valence-electron chi connectivity index (χ2n) is 17.0. The van der Waals surface area contributed by atoms with Crippen LogP contribution in [0.25, 0.3) is 10.9 Å². The van der Waals surface area contributed by atoms with Crippen LogP contribution in [-0.2, 0) is 65.7 Å². The van der Waals surface area contributed by atoms with Crippen molar-refractivity contribution >= 4 is 52.3 Å². The number of fused-ring (bicyclic) bond motifs is 1. The van der Waals surface area contributed by atoms with Gasteiger partial charge in [-0.2, -0.15) is 0 Å². The summed E-state index contributed by atoms with van der Waals surface area (Å²) in [5.74, 6) is -5.76. The number of amides is 6. The smallest absolute Gasteiger partial charge is 0.326 e. The summed E-state index contributed by atoms with van der Waals surface area (Å²) >= 11 is 0. The number of imidazole rings is 1. The van der Waals surface area contributed by atoms with Gasteiger partial charge in [-0.1, -0.05) is 123 Å². The Morgan fingerprint density at radius 1 is 0.515 bits per heavy atom. The first-order chi connectivity index (χ1) is 32.7. The number of carboxylic acid groups (broad SMARTS) is 1. The number of carbonyl (C=O) groups excluding carboxylic acids is 6. The van der Waals surface area contributed by atoms with Crippen molar-refractivity contribution in [2.75, 3.05) is 0 Å². The molecule has 6 atom stereocenters. The molecule has 0 fully saturated rings. The maximum atomic E-state index is 14.8. The lowest BCUT2D eigenvalue weighted by Gasteiger charge is -2.28. The van der Waals surface area contributed by atoms with E-state index in [0.717, 1.165) is 16.5 Å². The van der Waals surface area contributed by atoms with Gasteiger partial charge in [-0.15, -0.1) is 0 Å². The molecule has 354 valence electrons. The minimum absolute atomic E-state index is 0.0241. The molecule has 68 heavy (non-hydrogen) atoms. The highest BCUT2D eigenvalue weighted by molar-refractivity contribution is 5.97. The average Bonchev–Trinajstić information content (AvgIpc) is 4.00. The third-order valence-corrected chi connectivity index (χ3v) is 11.4. The molecule has 0 radical (unpaired) electrons. The molecule has 0 aliphatic heterocycles. The summed E-state index contributed by atoms with van der Waals surface area (Å²) in [7, 11) is 0. The van der Waals surface area contributed by atoms with Gasteiger partial charge < -0.3 is 47.0 Å². The van der Waals surface area contributed by atoms with E-state index in [9.17, 15) is 38.7 Å². The summed E-state index contributed by atoms with van der Waals surface area (Å²) in [6.07, 6.45) is 4.61. The van der Waals surface area contributed by atoms with E-state index >= 15 is 0 Å². The van der Waals surface area contributed by atoms with Gasteiger partial charge in [-0.25, -0.2) is 9.78 Å². The first-order valence-corrected chi connectivity index (χ1v) is 22.4. The molecule has 17 nitrogen and oxygen atoms in total. The quantitative estimate of drug-likeness (QED) is 0.0457. The van der Waals surface area contributed by atoms with E-state index in [4.69, 9.17) is 0 Å². The fraction of sp³-hybridized carbons (Fsp3) is 0.294. The van der Waals surface area contributed by atoms with E-state index in [0.29, 0.717) is 22.4 Å². The number of nitrogens with one attached hydrogen (secondary N) is 8. The van der Waals surface area contributed by atoms with Gasteiger partial charge in [0.2, 0.25) is 35.4 Å². The second-order valence-corrected chi connectivity index (χ2v) is 17.0. The van der Waals surface area contributed by atoms with Crippen LogP contribution in [0.15, 0.2) is 134 Å². The van der Waals surface area contributed by atoms with E-state index < -0.39 is 83.6 Å². The van der Waals surface area contributed by atoms with Crippen molar-refractivity contribution < 1.29 is 38.7 Å². The number of carbonyl (C=O) groups is 7. The molecular formula is C51H57N9O8. The molecule has 4 aromatic carbocycles. The van der Waals surface area contributed by atoms with Gasteiger partial charge in [0.1, 0.15) is 36.3 Å². The number of nitrogens with zero attached hydrogens (tertiary/aromatic N) is 1. The number of benzene rings is 4. The third-order valence-electron chi connectivity index (χ3n) is 11.4. The largest absolute Gasteiger partial charge is 0.480 e. The number of hydrogen-bond acceptors (Lipinski definition) is 8. The summed E-state index contributed by atoms with van der Waals surface area (Å²) in [6, 6.07) is 27.0. The predicted octanol–water partition coefficient (Wildman–Crippen LogP) is 3.07. The summed E-state index contributed by atoms with van der Waals surface area (Å²) in [5, 5.41) is 27.2. The van der Waals surface area contributed by atoms with E-state index in [1.165, 1.54) is 19.4 Å². The number of para-hydroxylation sites is 1. The molecule has 0 bridgehead atoms. The molecule has 2 heterocycles. The lowest BCUT2D eigenvalue weighted by Crippen LogP contribution is -2.61. The summed E-state index contributed by atoms with van der Waals surface area (Å²) in [5.41, 5.74) is 4.10. The summed E-state index contributed by atoms with van der Waals surface area (Å²) in [6.45, 7) is 4.59. The van der Waals surface area contributed by atoms with Crippen LogP contribution >= 0.6 is 0 Å². The average molecular weight is 924 g/mol. The van der Waals surface area contributed by atoms with E-state index in [2.05, 4.69) is 46.9 Å². The van der Waals surface area contributed by atoms with Crippen molar-refractivity contribution in [2.24, 2.45) is 5.92 Å². The molecule has 6 aromatic rings. The van der Waals surface area contributed by atoms with Crippen LogP contribution in [0.4, 0.5) is 0 Å². The highest BCUT2D eigenvalue weighted by Gasteiger charge is 2.35. The zero-order chi connectivity index (χ0) is 48.6. The van der Waals surface area contributed by atoms with Gasteiger partial charge >= 0.3 is 5.97 Å². The zero-order valence-corrected chi connectivity index (χ0v) is 38.0. The minimum Gasteiger partial charge on any atom is -0.480 e. The molecular weight excluding hydrogens is 867 g/mol. The van der Waals surface area contributed by atoms with Crippen LogP contribution in [0.2, 0.25) is 0 Å². The van der Waals surface area contributed by atoms with Gasteiger partial charge in [0.25, 0.3) is 0 Å². The number of aromatic amines is 2. The van der Waals surface area contributed by atoms with Gasteiger partial charge in [-0.3, -0.25) is 28.8 Å². The van der Waals surface area contributed by atoms with Crippen LogP contribution in [0.5, 0.6) is 0 Å². The highest BCUT2D eigenvalue weighted by atomic mass is 16.4. The molecule has 6 amide bonds. The Bertz CT molecular complexity index is 2640. The Kier molecular flexibility index (Phi) is 17.4. The molecule has 0 aliphatic rings. The number of hydrogen-bond donors (Lipinski definition) is 9. The zero-order valence-electron chi connectivity index (χ0n) is 38.0. The van der Waals surface area contributed by atoms with Gasteiger partial charge in [0, 0.05) is 68.0 Å². The SMILES string of the molecule is CC(=O)N[C@@H](Cc1ccccc1)C(=O)N[C@@H](Cc1ccccc1)C(=O)N[C@@H](Cc1c[nH]c2ccccc12)C(=O)N[C@@H](Cc1ccccc1)C(=O)N[C@@H](Cc1cnc[nH]1)C(=O)N[C@H](C(=O)O)C(C)C. The molecule has 0 aliphatic carbocycles. The maximum Gasteiger partial charge on any atom is 0.326 e. The van der Waals surface area contributed by atoms with E-state index in [-0.39, 0.29) is 32.1 Å². The number of aliphatic carboxylic acids is 1. The molecule has 6 rings (SSSR count). The monoisotopic (exact) mass is 923 g/mol. The molecule has 0 spiro atoms. The van der Waals surface area contributed by atoms with Crippen molar-refractivity contribution in [1.82, 2.24) is 46.9 Å². The third kappa shape index (κ3) is 14.2.